The van der Waals surface area contributed by atoms with Gasteiger partial charge < -0.3 is 33.9 Å². The van der Waals surface area contributed by atoms with Gasteiger partial charge in [0.15, 0.2) is 0 Å². The molecule has 0 aromatic rings. The number of carboxylic acids is 1. The van der Waals surface area contributed by atoms with Crippen LogP contribution in [-0.2, 0) is 38.1 Å². The summed E-state index contributed by atoms with van der Waals surface area (Å²) in [4.78, 5) is 37.7. The molecule has 0 amide bonds. The largest absolute Gasteiger partial charge is 0.478 e. The van der Waals surface area contributed by atoms with E-state index in [1.807, 2.05) is 6.92 Å². The first-order valence-electron chi connectivity index (χ1n) is 13.4. The Morgan fingerprint density at radius 1 is 1.13 bits per heavy atom. The molecule has 3 aliphatic heterocycles. The molecule has 39 heavy (non-hydrogen) atoms. The van der Waals surface area contributed by atoms with E-state index in [-0.39, 0.29) is 25.2 Å². The Labute approximate surface area is 227 Å². The van der Waals surface area contributed by atoms with Crippen molar-refractivity contribution < 1.29 is 48.3 Å². The molecular formula is C29H36O10. The molecule has 10 heteroatoms. The van der Waals surface area contributed by atoms with E-state index in [9.17, 15) is 24.6 Å². The second kappa shape index (κ2) is 10.3. The fourth-order valence-corrected chi connectivity index (χ4v) is 6.89. The van der Waals surface area contributed by atoms with Crippen LogP contribution in [0.2, 0.25) is 0 Å². The topological polar surface area (TPSA) is 141 Å². The third-order valence-electron chi connectivity index (χ3n) is 9.31. The van der Waals surface area contributed by atoms with Gasteiger partial charge in [-0.25, -0.2) is 14.4 Å². The Kier molecular flexibility index (Phi) is 7.34. The van der Waals surface area contributed by atoms with E-state index in [4.69, 9.17) is 23.7 Å². The lowest BCUT2D eigenvalue weighted by molar-refractivity contribution is -0.232. The maximum absolute atomic E-state index is 12.9. The van der Waals surface area contributed by atoms with Gasteiger partial charge in [0, 0.05) is 29.6 Å². The zero-order chi connectivity index (χ0) is 28.0. The molecule has 2 aliphatic carbocycles. The van der Waals surface area contributed by atoms with Gasteiger partial charge in [-0.2, -0.15) is 0 Å². The van der Waals surface area contributed by atoms with Crippen LogP contribution in [0.1, 0.15) is 46.5 Å². The Bertz CT molecular complexity index is 1140. The summed E-state index contributed by atoms with van der Waals surface area (Å²) < 4.78 is 30.2. The Morgan fingerprint density at radius 3 is 2.59 bits per heavy atom. The van der Waals surface area contributed by atoms with Gasteiger partial charge in [-0.1, -0.05) is 30.7 Å². The molecule has 0 aromatic carbocycles. The second-order valence-electron chi connectivity index (χ2n) is 11.4. The van der Waals surface area contributed by atoms with Gasteiger partial charge in [-0.3, -0.25) is 0 Å². The summed E-state index contributed by atoms with van der Waals surface area (Å²) in [6.45, 7) is 6.04. The van der Waals surface area contributed by atoms with Crippen molar-refractivity contribution in [2.75, 3.05) is 19.8 Å². The molecule has 0 radical (unpaired) electrons. The van der Waals surface area contributed by atoms with E-state index in [2.05, 4.69) is 0 Å². The van der Waals surface area contributed by atoms with Crippen LogP contribution in [0.3, 0.4) is 0 Å². The number of esters is 2. The average Bonchev–Trinajstić information content (AvgIpc) is 3.66. The first-order valence-corrected chi connectivity index (χ1v) is 13.4. The van der Waals surface area contributed by atoms with Gasteiger partial charge in [-0.05, 0) is 39.2 Å². The smallest absolute Gasteiger partial charge is 0.331 e. The molecule has 2 spiro atoms. The van der Waals surface area contributed by atoms with Crippen LogP contribution in [0, 0.1) is 10.8 Å². The summed E-state index contributed by atoms with van der Waals surface area (Å²) in [7, 11) is 0. The molecule has 2 saturated heterocycles. The van der Waals surface area contributed by atoms with Crippen molar-refractivity contribution in [3.63, 3.8) is 0 Å². The molecule has 212 valence electrons. The molecular weight excluding hydrogens is 508 g/mol. The van der Waals surface area contributed by atoms with Gasteiger partial charge in [0.25, 0.3) is 0 Å². The van der Waals surface area contributed by atoms with Crippen LogP contribution < -0.4 is 0 Å². The maximum atomic E-state index is 12.9. The van der Waals surface area contributed by atoms with Gasteiger partial charge in [0.2, 0.25) is 0 Å². The first-order chi connectivity index (χ1) is 18.5. The van der Waals surface area contributed by atoms with E-state index in [1.165, 1.54) is 12.2 Å². The first kappa shape index (κ1) is 27.8. The minimum Gasteiger partial charge on any atom is -0.478 e. The fraction of sp³-hybridized carbons (Fsp3) is 0.621. The number of aliphatic hydroxyl groups excluding tert-OH is 1. The minimum atomic E-state index is -1.01. The summed E-state index contributed by atoms with van der Waals surface area (Å²) in [5.41, 5.74) is -1.39. The van der Waals surface area contributed by atoms with Gasteiger partial charge in [0.05, 0.1) is 36.9 Å². The van der Waals surface area contributed by atoms with Crippen molar-refractivity contribution in [3.05, 3.63) is 47.6 Å². The van der Waals surface area contributed by atoms with Crippen LogP contribution in [0.15, 0.2) is 47.6 Å². The SMILES string of the molecule is C/C1=C/C(=O)OC[C@]23CCC(C(=O)O)=C[C@H]2O[C@@H]2C[C@@H](OC(=O)/C=C\C=C/C([C@@H](C)O)OCC1)[C@@]3(C)C21CO1. The van der Waals surface area contributed by atoms with E-state index in [0.717, 1.165) is 5.57 Å². The van der Waals surface area contributed by atoms with Crippen molar-refractivity contribution in [1.29, 1.82) is 0 Å². The number of ether oxygens (including phenoxy) is 5. The number of allylic oxidation sites excluding steroid dienone is 2. The highest BCUT2D eigenvalue weighted by Gasteiger charge is 2.83. The lowest BCUT2D eigenvalue weighted by Gasteiger charge is -2.58. The normalized spacial score (nSPS) is 44.3. The molecule has 2 N–H and O–H groups in total. The van der Waals surface area contributed by atoms with Crippen molar-refractivity contribution in [2.45, 2.75) is 82.6 Å². The summed E-state index contributed by atoms with van der Waals surface area (Å²) in [5, 5.41) is 19.7. The maximum Gasteiger partial charge on any atom is 0.331 e. The third kappa shape index (κ3) is 4.67. The van der Waals surface area contributed by atoms with Crippen LogP contribution in [0.25, 0.3) is 0 Å². The molecule has 5 rings (SSSR count). The molecule has 2 bridgehead atoms. The molecule has 3 fully saturated rings. The highest BCUT2D eigenvalue weighted by atomic mass is 16.6. The van der Waals surface area contributed by atoms with Gasteiger partial charge in [-0.15, -0.1) is 0 Å². The monoisotopic (exact) mass is 544 g/mol. The van der Waals surface area contributed by atoms with E-state index in [0.29, 0.717) is 25.9 Å². The number of hydrogen-bond donors (Lipinski definition) is 2. The predicted molar refractivity (Wildman–Crippen MR) is 136 cm³/mol. The number of carboxylic acid groups (broad SMARTS) is 1. The van der Waals surface area contributed by atoms with Gasteiger partial charge in [0.1, 0.15) is 24.4 Å². The average molecular weight is 545 g/mol. The molecule has 3 heterocycles. The van der Waals surface area contributed by atoms with Crippen LogP contribution in [0.4, 0.5) is 0 Å². The van der Waals surface area contributed by atoms with E-state index >= 15 is 0 Å². The van der Waals surface area contributed by atoms with Gasteiger partial charge >= 0.3 is 17.9 Å². The number of carbonyl (C=O) groups is 3. The van der Waals surface area contributed by atoms with Crippen LogP contribution >= 0.6 is 0 Å². The number of aliphatic carboxylic acids is 1. The summed E-state index contributed by atoms with van der Waals surface area (Å²) in [6, 6.07) is 0. The standard InChI is InChI=1S/C29H36O10/c1-17-9-11-35-20(18(2)30)6-4-5-7-24(31)39-21-14-23-29(16-37-29)27(21,3)28(15-36-25(32)12-17)10-8-19(26(33)34)13-22(28)38-23/h4-7,12-13,18,20-23,30H,8-11,14-16H2,1-3H3,(H,33,34)/b6-4-,7-5-,17-12-/t18-,20?,21-,22-,23-,27-,28-,29?/m1/s1. The lowest BCUT2D eigenvalue weighted by Crippen LogP contribution is -2.67. The van der Waals surface area contributed by atoms with E-state index < -0.39 is 64.9 Å². The van der Waals surface area contributed by atoms with Crippen LogP contribution in [-0.4, -0.2) is 84.1 Å². The molecule has 8 atom stereocenters. The number of epoxide rings is 1. The molecule has 10 nitrogen and oxygen atoms in total. The van der Waals surface area contributed by atoms with Crippen LogP contribution in [0.5, 0.6) is 0 Å². The molecule has 5 aliphatic rings. The zero-order valence-electron chi connectivity index (χ0n) is 22.5. The number of carbonyl (C=O) groups excluding carboxylic acids is 2. The highest BCUT2D eigenvalue weighted by molar-refractivity contribution is 5.87. The summed E-state index contributed by atoms with van der Waals surface area (Å²) in [5.74, 6) is -2.09. The third-order valence-corrected chi connectivity index (χ3v) is 9.31. The van der Waals surface area contributed by atoms with E-state index in [1.54, 1.807) is 38.2 Å². The number of aliphatic hydroxyl groups is 1. The lowest BCUT2D eigenvalue weighted by atomic mass is 9.51. The van der Waals surface area contributed by atoms with Crippen molar-refractivity contribution in [3.8, 4) is 0 Å². The minimum absolute atomic E-state index is 0.0504. The number of hydrogen-bond acceptors (Lipinski definition) is 9. The number of rotatable bonds is 2. The Morgan fingerprint density at radius 2 is 1.90 bits per heavy atom. The second-order valence-corrected chi connectivity index (χ2v) is 11.4. The summed E-state index contributed by atoms with van der Waals surface area (Å²) in [6.07, 6.45) is 7.60. The van der Waals surface area contributed by atoms with Crippen molar-refractivity contribution in [1.82, 2.24) is 0 Å². The predicted octanol–water partition coefficient (Wildman–Crippen LogP) is 2.41. The molecule has 0 aromatic heterocycles. The van der Waals surface area contributed by atoms with Crippen molar-refractivity contribution >= 4 is 17.9 Å². The zero-order valence-corrected chi connectivity index (χ0v) is 22.5. The summed E-state index contributed by atoms with van der Waals surface area (Å²) >= 11 is 0. The fourth-order valence-electron chi connectivity index (χ4n) is 6.89. The molecule has 2 unspecified atom stereocenters. The Balaban J connectivity index is 1.53. The molecule has 1 saturated carbocycles. The van der Waals surface area contributed by atoms with Crippen molar-refractivity contribution in [2.24, 2.45) is 10.8 Å². The highest BCUT2D eigenvalue weighted by Crippen LogP contribution is 2.72. The number of cyclic esters (lactones) is 1. The Hall–Kier alpha value is -2.79. The quantitative estimate of drug-likeness (QED) is 0.393.